The van der Waals surface area contributed by atoms with E-state index < -0.39 is 23.7 Å². The number of hydrogen-bond donors (Lipinski definition) is 2. The molecule has 4 rings (SSSR count). The van der Waals surface area contributed by atoms with Gasteiger partial charge in [-0.2, -0.15) is 13.2 Å². The summed E-state index contributed by atoms with van der Waals surface area (Å²) in [5, 5.41) is 6.79. The number of carbonyl (C=O) groups excluding carboxylic acids is 1. The maximum absolute atomic E-state index is 13.1. The summed E-state index contributed by atoms with van der Waals surface area (Å²) >= 11 is 1.39. The molecule has 1 aromatic carbocycles. The Kier molecular flexibility index (Phi) is 6.24. The predicted molar refractivity (Wildman–Crippen MR) is 122 cm³/mol. The van der Waals surface area contributed by atoms with E-state index in [-0.39, 0.29) is 5.76 Å². The summed E-state index contributed by atoms with van der Waals surface area (Å²) in [7, 11) is 0. The van der Waals surface area contributed by atoms with Crippen LogP contribution in [0.25, 0.3) is 0 Å². The van der Waals surface area contributed by atoms with E-state index in [1.54, 1.807) is 30.5 Å². The van der Waals surface area contributed by atoms with E-state index >= 15 is 0 Å². The van der Waals surface area contributed by atoms with Gasteiger partial charge in [-0.1, -0.05) is 18.2 Å². The van der Waals surface area contributed by atoms with E-state index in [2.05, 4.69) is 15.6 Å². The molecule has 0 saturated carbocycles. The molecule has 1 amide bonds. The maximum atomic E-state index is 13.1. The van der Waals surface area contributed by atoms with Crippen LogP contribution in [0.15, 0.2) is 71.5 Å². The first-order valence-electron chi connectivity index (χ1n) is 10.0. The number of amides is 1. The molecule has 170 valence electrons. The van der Waals surface area contributed by atoms with Crippen LogP contribution in [0.2, 0.25) is 0 Å². The topological polar surface area (TPSA) is 67.2 Å². The normalized spacial score (nSPS) is 12.4. The van der Waals surface area contributed by atoms with Gasteiger partial charge in [0.2, 0.25) is 0 Å². The Morgan fingerprint density at radius 3 is 2.42 bits per heavy atom. The van der Waals surface area contributed by atoms with Crippen molar-refractivity contribution >= 4 is 28.1 Å². The second kappa shape index (κ2) is 9.11. The highest BCUT2D eigenvalue weighted by molar-refractivity contribution is 7.16. The highest BCUT2D eigenvalue weighted by Crippen LogP contribution is 2.41. The average Bonchev–Trinajstić information content (AvgIpc) is 3.42. The Bertz CT molecular complexity index is 1230. The van der Waals surface area contributed by atoms with Crippen LogP contribution >= 0.6 is 11.3 Å². The Balaban J connectivity index is 1.78. The van der Waals surface area contributed by atoms with Crippen LogP contribution in [0.5, 0.6) is 0 Å². The molecule has 4 aromatic rings. The zero-order valence-electron chi connectivity index (χ0n) is 17.7. The van der Waals surface area contributed by atoms with E-state index in [1.807, 2.05) is 19.9 Å². The molecule has 0 aliphatic carbocycles. The van der Waals surface area contributed by atoms with E-state index in [1.165, 1.54) is 29.7 Å². The molecule has 0 radical (unpaired) electrons. The highest BCUT2D eigenvalue weighted by atomic mass is 32.1. The summed E-state index contributed by atoms with van der Waals surface area (Å²) in [6, 6.07) is 13.0. The summed E-state index contributed by atoms with van der Waals surface area (Å²) in [4.78, 5) is 17.9. The molecule has 33 heavy (non-hydrogen) atoms. The number of carbonyl (C=O) groups is 1. The molecule has 0 aliphatic rings. The third-order valence-corrected chi connectivity index (χ3v) is 6.36. The minimum atomic E-state index is -4.43. The summed E-state index contributed by atoms with van der Waals surface area (Å²) in [5.74, 6) is 0.300. The summed E-state index contributed by atoms with van der Waals surface area (Å²) in [6.45, 7) is 3.84. The van der Waals surface area contributed by atoms with Crippen molar-refractivity contribution in [1.82, 2.24) is 4.98 Å². The number of aromatic nitrogens is 1. The van der Waals surface area contributed by atoms with Crippen molar-refractivity contribution in [2.75, 3.05) is 10.6 Å². The second-order valence-electron chi connectivity index (χ2n) is 7.37. The van der Waals surface area contributed by atoms with Crippen LogP contribution in [0, 0.1) is 13.8 Å². The van der Waals surface area contributed by atoms with Crippen molar-refractivity contribution in [3.05, 3.63) is 99.9 Å². The van der Waals surface area contributed by atoms with Crippen LogP contribution in [0.3, 0.4) is 0 Å². The summed E-state index contributed by atoms with van der Waals surface area (Å²) < 4.78 is 44.5. The monoisotopic (exact) mass is 471 g/mol. The van der Waals surface area contributed by atoms with Crippen LogP contribution in [-0.2, 0) is 6.18 Å². The smallest absolute Gasteiger partial charge is 0.416 e. The van der Waals surface area contributed by atoms with Crippen LogP contribution < -0.4 is 10.6 Å². The maximum Gasteiger partial charge on any atom is 0.416 e. The highest BCUT2D eigenvalue weighted by Gasteiger charge is 2.31. The molecule has 5 nitrogen and oxygen atoms in total. The molecular weight excluding hydrogens is 451 g/mol. The van der Waals surface area contributed by atoms with E-state index in [4.69, 9.17) is 4.42 Å². The number of aryl methyl sites for hydroxylation is 1. The minimum absolute atomic E-state index is 0.161. The lowest BCUT2D eigenvalue weighted by Gasteiger charge is -2.22. The second-order valence-corrected chi connectivity index (χ2v) is 8.59. The van der Waals surface area contributed by atoms with Gasteiger partial charge in [-0.15, -0.1) is 11.3 Å². The van der Waals surface area contributed by atoms with Gasteiger partial charge in [0.05, 0.1) is 17.9 Å². The van der Waals surface area contributed by atoms with Gasteiger partial charge >= 0.3 is 6.18 Å². The van der Waals surface area contributed by atoms with E-state index in [0.29, 0.717) is 16.4 Å². The molecule has 3 aromatic heterocycles. The number of furan rings is 1. The van der Waals surface area contributed by atoms with Gasteiger partial charge in [0.1, 0.15) is 10.8 Å². The number of benzene rings is 1. The van der Waals surface area contributed by atoms with Crippen molar-refractivity contribution in [2.45, 2.75) is 26.1 Å². The lowest BCUT2D eigenvalue weighted by Crippen LogP contribution is -2.18. The fraction of sp³-hybridized carbons (Fsp3) is 0.167. The Hall–Kier alpha value is -3.59. The number of halogens is 3. The summed E-state index contributed by atoms with van der Waals surface area (Å²) in [5.41, 5.74) is 1.54. The SMILES string of the molecule is Cc1sc(NC(=O)c2ccco2)c([C@@H](Nc2ccccn2)c2ccc(C(F)(F)F)cc2)c1C. The third-order valence-electron chi connectivity index (χ3n) is 5.22. The first kappa shape index (κ1) is 22.6. The fourth-order valence-electron chi connectivity index (χ4n) is 3.44. The van der Waals surface area contributed by atoms with Gasteiger partial charge in [-0.25, -0.2) is 4.98 Å². The Morgan fingerprint density at radius 1 is 1.06 bits per heavy atom. The average molecular weight is 472 g/mol. The van der Waals surface area contributed by atoms with Crippen molar-refractivity contribution in [3.63, 3.8) is 0 Å². The van der Waals surface area contributed by atoms with Crippen molar-refractivity contribution in [2.24, 2.45) is 0 Å². The predicted octanol–water partition coefficient (Wildman–Crippen LogP) is 6.83. The van der Waals surface area contributed by atoms with E-state index in [9.17, 15) is 18.0 Å². The number of thiophene rings is 1. The van der Waals surface area contributed by atoms with Crippen LogP contribution in [0.1, 0.15) is 43.7 Å². The molecule has 3 heterocycles. The van der Waals surface area contributed by atoms with Crippen LogP contribution in [-0.4, -0.2) is 10.9 Å². The molecule has 0 unspecified atom stereocenters. The van der Waals surface area contributed by atoms with Crippen molar-refractivity contribution < 1.29 is 22.4 Å². The van der Waals surface area contributed by atoms with Crippen molar-refractivity contribution in [3.8, 4) is 0 Å². The summed E-state index contributed by atoms with van der Waals surface area (Å²) in [6.07, 6.45) is -1.40. The fourth-order valence-corrected chi connectivity index (χ4v) is 4.53. The number of nitrogens with one attached hydrogen (secondary N) is 2. The third kappa shape index (κ3) is 4.93. The van der Waals surface area contributed by atoms with Gasteiger partial charge in [-0.3, -0.25) is 4.79 Å². The van der Waals surface area contributed by atoms with Gasteiger partial charge in [0, 0.05) is 16.6 Å². The number of hydrogen-bond acceptors (Lipinski definition) is 5. The molecule has 0 fully saturated rings. The first-order valence-corrected chi connectivity index (χ1v) is 10.8. The zero-order chi connectivity index (χ0) is 23.6. The molecule has 0 saturated heterocycles. The van der Waals surface area contributed by atoms with E-state index in [0.717, 1.165) is 28.1 Å². The number of nitrogens with zero attached hydrogens (tertiary/aromatic N) is 1. The Labute approximate surface area is 192 Å². The van der Waals surface area contributed by atoms with Gasteiger partial charge in [-0.05, 0) is 61.4 Å². The molecule has 0 aliphatic heterocycles. The number of anilines is 2. The number of pyridine rings is 1. The standard InChI is InChI=1S/C24H20F3N3O2S/c1-14-15(2)33-23(30-22(31)18-6-5-13-32-18)20(14)21(29-19-7-3-4-12-28-19)16-8-10-17(11-9-16)24(25,26)27/h3-13,21H,1-2H3,(H,28,29)(H,30,31)/t21-/m0/s1. The van der Waals surface area contributed by atoms with Crippen LogP contribution in [0.4, 0.5) is 24.0 Å². The largest absolute Gasteiger partial charge is 0.459 e. The van der Waals surface area contributed by atoms with Gasteiger partial charge < -0.3 is 15.1 Å². The number of alkyl halides is 3. The quantitative estimate of drug-likeness (QED) is 0.324. The molecule has 9 heteroatoms. The zero-order valence-corrected chi connectivity index (χ0v) is 18.6. The molecule has 0 bridgehead atoms. The molecule has 2 N–H and O–H groups in total. The minimum Gasteiger partial charge on any atom is -0.459 e. The van der Waals surface area contributed by atoms with Gasteiger partial charge in [0.25, 0.3) is 5.91 Å². The molecule has 1 atom stereocenters. The Morgan fingerprint density at radius 2 is 1.82 bits per heavy atom. The first-order chi connectivity index (χ1) is 15.7. The molecule has 0 spiro atoms. The van der Waals surface area contributed by atoms with Gasteiger partial charge in [0.15, 0.2) is 5.76 Å². The lowest BCUT2D eigenvalue weighted by molar-refractivity contribution is -0.137. The lowest BCUT2D eigenvalue weighted by atomic mass is 9.95. The number of rotatable bonds is 6. The van der Waals surface area contributed by atoms with Crippen molar-refractivity contribution in [1.29, 1.82) is 0 Å². The molecular formula is C24H20F3N3O2S.